The van der Waals surface area contributed by atoms with Crippen molar-refractivity contribution in [1.82, 2.24) is 14.8 Å². The van der Waals surface area contributed by atoms with E-state index >= 15 is 0 Å². The summed E-state index contributed by atoms with van der Waals surface area (Å²) < 4.78 is 5.36. The molecule has 29 heavy (non-hydrogen) atoms. The molecule has 0 aliphatic carbocycles. The van der Waals surface area contributed by atoms with Crippen LogP contribution < -0.4 is 5.32 Å². The van der Waals surface area contributed by atoms with Crippen LogP contribution in [0.25, 0.3) is 0 Å². The first-order valence-electron chi connectivity index (χ1n) is 10.5. The van der Waals surface area contributed by atoms with Gasteiger partial charge in [-0.1, -0.05) is 25.5 Å². The summed E-state index contributed by atoms with van der Waals surface area (Å²) in [7, 11) is 4.02. The van der Waals surface area contributed by atoms with Gasteiger partial charge in [-0.25, -0.2) is 9.98 Å². The summed E-state index contributed by atoms with van der Waals surface area (Å²) in [6, 6.07) is 9.07. The van der Waals surface area contributed by atoms with Gasteiger partial charge in [0.25, 0.3) is 0 Å². The molecule has 0 bridgehead atoms. The molecule has 0 spiro atoms. The largest absolute Gasteiger partial charge is 0.385 e. The van der Waals surface area contributed by atoms with Crippen LogP contribution in [0.4, 0.5) is 16.4 Å². The summed E-state index contributed by atoms with van der Waals surface area (Å²) in [5, 5.41) is 4.65. The van der Waals surface area contributed by atoms with Gasteiger partial charge in [0.15, 0.2) is 0 Å². The second-order valence-corrected chi connectivity index (χ2v) is 8.74. The Morgan fingerprint density at radius 1 is 1.31 bits per heavy atom. The van der Waals surface area contributed by atoms with Gasteiger partial charge < -0.3 is 15.0 Å². The average molecular weight is 414 g/mol. The molecule has 2 unspecified atom stereocenters. The Morgan fingerprint density at radius 2 is 2.17 bits per heavy atom. The lowest BCUT2D eigenvalue weighted by atomic mass is 9.98. The molecule has 0 radical (unpaired) electrons. The van der Waals surface area contributed by atoms with Crippen LogP contribution in [0, 0.1) is 0 Å². The fourth-order valence-electron chi connectivity index (χ4n) is 4.32. The zero-order valence-corrected chi connectivity index (χ0v) is 18.4. The van der Waals surface area contributed by atoms with E-state index in [0.29, 0.717) is 6.04 Å². The van der Waals surface area contributed by atoms with E-state index in [9.17, 15) is 0 Å². The maximum atomic E-state index is 5.36. The van der Waals surface area contributed by atoms with Crippen LogP contribution in [0.3, 0.4) is 0 Å². The first-order chi connectivity index (χ1) is 14.2. The maximum absolute atomic E-state index is 5.36. The van der Waals surface area contributed by atoms with E-state index in [1.54, 1.807) is 18.4 Å². The summed E-state index contributed by atoms with van der Waals surface area (Å²) in [5.74, 6) is 0. The van der Waals surface area contributed by atoms with Crippen LogP contribution in [-0.2, 0) is 4.74 Å². The lowest BCUT2D eigenvalue weighted by Gasteiger charge is -2.43. The third-order valence-electron chi connectivity index (χ3n) is 5.99. The summed E-state index contributed by atoms with van der Waals surface area (Å²) in [5.41, 5.74) is 6.10. The van der Waals surface area contributed by atoms with E-state index in [2.05, 4.69) is 53.4 Å². The standard InChI is InChI=1S/C22H31N5OS/c1-4-7-19(27-12-11-26(2)16(14-27)10-13-28-3)20-21-22(29-15-23-21)25-18-9-6-5-8-17(18)24-20/h5-6,8-9,15-16,19,25H,4,7,10-14H2,1-3H3. The molecule has 2 aromatic rings. The Balaban J connectivity index is 1.68. The molecule has 1 N–H and O–H groups in total. The highest BCUT2D eigenvalue weighted by Crippen LogP contribution is 2.37. The van der Waals surface area contributed by atoms with Gasteiger partial charge in [0.2, 0.25) is 0 Å². The zero-order valence-electron chi connectivity index (χ0n) is 17.6. The molecule has 1 aromatic heterocycles. The number of ether oxygens (including phenoxy) is 1. The lowest BCUT2D eigenvalue weighted by Crippen LogP contribution is -2.56. The molecule has 0 saturated carbocycles. The highest BCUT2D eigenvalue weighted by Gasteiger charge is 2.34. The van der Waals surface area contributed by atoms with Crippen molar-refractivity contribution in [2.24, 2.45) is 4.99 Å². The molecule has 2 aliphatic rings. The van der Waals surface area contributed by atoms with E-state index in [4.69, 9.17) is 14.7 Å². The van der Waals surface area contributed by atoms with Gasteiger partial charge in [-0.2, -0.15) is 0 Å². The number of likely N-dealkylation sites (N-methyl/N-ethyl adjacent to an activating group) is 1. The van der Waals surface area contributed by atoms with E-state index in [-0.39, 0.29) is 6.04 Å². The number of fused-ring (bicyclic) bond motifs is 2. The second kappa shape index (κ2) is 9.34. The van der Waals surface area contributed by atoms with Crippen LogP contribution in [0.5, 0.6) is 0 Å². The number of nitrogens with one attached hydrogen (secondary N) is 1. The number of rotatable bonds is 7. The van der Waals surface area contributed by atoms with E-state index < -0.39 is 0 Å². The van der Waals surface area contributed by atoms with Crippen LogP contribution in [0.15, 0.2) is 34.8 Å². The molecule has 156 valence electrons. The minimum Gasteiger partial charge on any atom is -0.385 e. The van der Waals surface area contributed by atoms with Crippen molar-refractivity contribution in [3.8, 4) is 0 Å². The van der Waals surface area contributed by atoms with Gasteiger partial charge >= 0.3 is 0 Å². The van der Waals surface area contributed by atoms with Crippen LogP contribution >= 0.6 is 11.3 Å². The Bertz CT molecular complexity index is 851. The van der Waals surface area contributed by atoms with Crippen LogP contribution in [0.1, 0.15) is 31.9 Å². The van der Waals surface area contributed by atoms with Crippen molar-refractivity contribution in [3.05, 3.63) is 35.5 Å². The molecule has 4 rings (SSSR count). The first kappa shape index (κ1) is 20.5. The number of anilines is 2. The molecule has 2 aliphatic heterocycles. The Hall–Kier alpha value is -1.80. The SMILES string of the molecule is CCCC(C1=Nc2ccccc2Nc2scnc21)N1CCN(C)C(CCOC)C1. The second-order valence-electron chi connectivity index (χ2n) is 7.88. The van der Waals surface area contributed by atoms with Gasteiger partial charge in [-0.05, 0) is 32.0 Å². The number of piperazine rings is 1. The maximum Gasteiger partial charge on any atom is 0.122 e. The molecule has 6 nitrogen and oxygen atoms in total. The monoisotopic (exact) mass is 413 g/mol. The predicted molar refractivity (Wildman–Crippen MR) is 121 cm³/mol. The molecule has 1 aromatic carbocycles. The minimum absolute atomic E-state index is 0.271. The summed E-state index contributed by atoms with van der Waals surface area (Å²) in [6.45, 7) is 6.23. The highest BCUT2D eigenvalue weighted by molar-refractivity contribution is 7.14. The number of hydrogen-bond acceptors (Lipinski definition) is 7. The van der Waals surface area contributed by atoms with Crippen molar-refractivity contribution in [2.45, 2.75) is 38.3 Å². The number of aromatic nitrogens is 1. The Kier molecular flexibility index (Phi) is 6.60. The van der Waals surface area contributed by atoms with Gasteiger partial charge in [0.05, 0.1) is 28.6 Å². The summed E-state index contributed by atoms with van der Waals surface area (Å²) in [6.07, 6.45) is 3.26. The predicted octanol–water partition coefficient (Wildman–Crippen LogP) is 4.14. The Labute approximate surface area is 177 Å². The van der Waals surface area contributed by atoms with Crippen molar-refractivity contribution in [2.75, 3.05) is 45.7 Å². The van der Waals surface area contributed by atoms with Gasteiger partial charge in [0, 0.05) is 39.4 Å². The van der Waals surface area contributed by atoms with Crippen molar-refractivity contribution < 1.29 is 4.74 Å². The molecule has 3 heterocycles. The van der Waals surface area contributed by atoms with E-state index in [1.807, 2.05) is 5.51 Å². The average Bonchev–Trinajstić information content (AvgIpc) is 3.13. The molecule has 1 saturated heterocycles. The molecule has 2 atom stereocenters. The Morgan fingerprint density at radius 3 is 3.00 bits per heavy atom. The van der Waals surface area contributed by atoms with Gasteiger partial charge in [-0.15, -0.1) is 11.3 Å². The van der Waals surface area contributed by atoms with Crippen LogP contribution in [0.2, 0.25) is 0 Å². The fourth-order valence-corrected chi connectivity index (χ4v) is 5.02. The highest BCUT2D eigenvalue weighted by atomic mass is 32.1. The number of methoxy groups -OCH3 is 1. The van der Waals surface area contributed by atoms with Gasteiger partial charge in [-0.3, -0.25) is 4.90 Å². The third kappa shape index (κ3) is 4.38. The quantitative estimate of drug-likeness (QED) is 0.739. The minimum atomic E-state index is 0.271. The van der Waals surface area contributed by atoms with Crippen LogP contribution in [-0.4, -0.2) is 73.0 Å². The number of nitrogens with zero attached hydrogens (tertiary/aromatic N) is 4. The van der Waals surface area contributed by atoms with Gasteiger partial charge in [0.1, 0.15) is 10.7 Å². The summed E-state index contributed by atoms with van der Waals surface area (Å²) >= 11 is 1.65. The zero-order chi connectivity index (χ0) is 20.2. The first-order valence-corrected chi connectivity index (χ1v) is 11.4. The van der Waals surface area contributed by atoms with Crippen molar-refractivity contribution >= 4 is 33.4 Å². The smallest absolute Gasteiger partial charge is 0.122 e. The number of aliphatic imine (C=N–C) groups is 1. The molecule has 1 fully saturated rings. The topological polar surface area (TPSA) is 53.0 Å². The van der Waals surface area contributed by atoms with E-state index in [0.717, 1.165) is 73.3 Å². The molecule has 0 amide bonds. The number of hydrogen-bond donors (Lipinski definition) is 1. The number of para-hydroxylation sites is 2. The molecular weight excluding hydrogens is 382 g/mol. The van der Waals surface area contributed by atoms with Crippen molar-refractivity contribution in [3.63, 3.8) is 0 Å². The fraction of sp³-hybridized carbons (Fsp3) is 0.545. The third-order valence-corrected chi connectivity index (χ3v) is 6.73. The molecular formula is C22H31N5OS. The lowest BCUT2D eigenvalue weighted by molar-refractivity contribution is 0.0590. The molecule has 7 heteroatoms. The summed E-state index contributed by atoms with van der Waals surface area (Å²) in [4.78, 5) is 15.0. The van der Waals surface area contributed by atoms with Crippen molar-refractivity contribution in [1.29, 1.82) is 0 Å². The van der Waals surface area contributed by atoms with E-state index in [1.165, 1.54) is 0 Å². The normalized spacial score (nSPS) is 20.9. The number of thiazole rings is 1. The number of benzene rings is 1.